The number of carbonyl (C=O) groups is 2. The minimum absolute atomic E-state index is 0.0582. The molecule has 0 amide bonds. The molecular formula is C27H21F3N2O9. The van der Waals surface area contributed by atoms with Crippen molar-refractivity contribution in [2.45, 2.75) is 25.4 Å². The maximum absolute atomic E-state index is 12.4. The highest BCUT2D eigenvalue weighted by molar-refractivity contribution is 5.93. The number of carboxylic acid groups (broad SMARTS) is 1. The van der Waals surface area contributed by atoms with Crippen molar-refractivity contribution in [1.29, 1.82) is 0 Å². The predicted molar refractivity (Wildman–Crippen MR) is 138 cm³/mol. The van der Waals surface area contributed by atoms with Gasteiger partial charge in [0.05, 0.1) is 28.1 Å². The highest BCUT2D eigenvalue weighted by atomic mass is 19.4. The number of alkyl halides is 3. The average Bonchev–Trinajstić information content (AvgIpc) is 2.91. The lowest BCUT2D eigenvalue weighted by Gasteiger charge is -2.09. The summed E-state index contributed by atoms with van der Waals surface area (Å²) in [5.41, 5.74) is -0.709. The lowest BCUT2D eigenvalue weighted by molar-refractivity contribution is -0.394. The van der Waals surface area contributed by atoms with Crippen LogP contribution in [0.25, 0.3) is 6.08 Å². The molecular weight excluding hydrogens is 553 g/mol. The van der Waals surface area contributed by atoms with Crippen LogP contribution in [-0.4, -0.2) is 39.7 Å². The van der Waals surface area contributed by atoms with E-state index in [0.717, 1.165) is 18.2 Å². The number of benzene rings is 3. The normalized spacial score (nSPS) is 11.5. The van der Waals surface area contributed by atoms with E-state index in [-0.39, 0.29) is 47.6 Å². The fourth-order valence-corrected chi connectivity index (χ4v) is 3.53. The van der Waals surface area contributed by atoms with Crippen LogP contribution in [-0.2, 0) is 11.2 Å². The van der Waals surface area contributed by atoms with E-state index in [1.807, 2.05) is 0 Å². The van der Waals surface area contributed by atoms with Gasteiger partial charge in [-0.25, -0.2) is 9.59 Å². The minimum Gasteiger partial charge on any atom is -0.494 e. The van der Waals surface area contributed by atoms with Crippen LogP contribution in [0.2, 0.25) is 0 Å². The average molecular weight is 574 g/mol. The van der Waals surface area contributed by atoms with Crippen molar-refractivity contribution in [3.05, 3.63) is 109 Å². The van der Waals surface area contributed by atoms with Crippen LogP contribution in [0, 0.1) is 20.2 Å². The number of aliphatic carboxylic acids is 1. The molecule has 0 aliphatic rings. The number of carboxylic acids is 1. The van der Waals surface area contributed by atoms with Gasteiger partial charge in [0.15, 0.2) is 0 Å². The summed E-state index contributed by atoms with van der Waals surface area (Å²) in [5, 5.41) is 31.8. The molecule has 11 nitrogen and oxygen atoms in total. The largest absolute Gasteiger partial charge is 0.494 e. The van der Waals surface area contributed by atoms with E-state index in [1.54, 1.807) is 0 Å². The number of ether oxygens (including phenoxy) is 2. The molecule has 3 aromatic rings. The number of esters is 1. The Hall–Kier alpha value is -5.27. The second-order valence-electron chi connectivity index (χ2n) is 8.57. The molecule has 0 bridgehead atoms. The fraction of sp³-hybridized carbons (Fsp3) is 0.185. The molecule has 0 saturated carbocycles. The fourth-order valence-electron chi connectivity index (χ4n) is 3.53. The van der Waals surface area contributed by atoms with E-state index in [0.29, 0.717) is 5.56 Å². The Balaban J connectivity index is 1.65. The van der Waals surface area contributed by atoms with E-state index < -0.39 is 45.8 Å². The summed E-state index contributed by atoms with van der Waals surface area (Å²) in [7, 11) is 0. The molecule has 214 valence electrons. The number of nitro groups is 2. The molecule has 0 aliphatic carbocycles. The Morgan fingerprint density at radius 3 is 1.95 bits per heavy atom. The van der Waals surface area contributed by atoms with Crippen molar-refractivity contribution >= 4 is 29.4 Å². The number of non-ortho nitro benzene ring substituents is 2. The van der Waals surface area contributed by atoms with Crippen molar-refractivity contribution in [1.82, 2.24) is 0 Å². The van der Waals surface area contributed by atoms with Crippen molar-refractivity contribution in [2.24, 2.45) is 0 Å². The zero-order chi connectivity index (χ0) is 30.2. The molecule has 0 aromatic heterocycles. The highest BCUT2D eigenvalue weighted by Gasteiger charge is 2.26. The van der Waals surface area contributed by atoms with Crippen LogP contribution in [0.1, 0.15) is 34.3 Å². The molecule has 14 heteroatoms. The summed E-state index contributed by atoms with van der Waals surface area (Å²) in [6, 6.07) is 14.2. The Bertz CT molecular complexity index is 1440. The molecule has 0 saturated heterocycles. The van der Waals surface area contributed by atoms with Gasteiger partial charge in [-0.15, -0.1) is 0 Å². The zero-order valence-corrected chi connectivity index (χ0v) is 21.0. The summed E-state index contributed by atoms with van der Waals surface area (Å²) in [4.78, 5) is 44.8. The first-order valence-corrected chi connectivity index (χ1v) is 11.8. The summed E-state index contributed by atoms with van der Waals surface area (Å²) in [6.07, 6.45) is -4.50. The molecule has 3 rings (SSSR count). The van der Waals surface area contributed by atoms with Crippen molar-refractivity contribution in [2.75, 3.05) is 6.61 Å². The molecule has 0 unspecified atom stereocenters. The van der Waals surface area contributed by atoms with Gasteiger partial charge in [0.1, 0.15) is 11.5 Å². The van der Waals surface area contributed by atoms with Crippen LogP contribution < -0.4 is 9.47 Å². The van der Waals surface area contributed by atoms with Gasteiger partial charge in [0, 0.05) is 30.5 Å². The van der Waals surface area contributed by atoms with Crippen molar-refractivity contribution in [3.8, 4) is 11.5 Å². The van der Waals surface area contributed by atoms with E-state index in [1.165, 1.54) is 54.6 Å². The first-order chi connectivity index (χ1) is 19.3. The number of hydrogen-bond acceptors (Lipinski definition) is 8. The number of nitrogens with zero attached hydrogens (tertiary/aromatic N) is 2. The molecule has 0 radical (unpaired) electrons. The Morgan fingerprint density at radius 2 is 1.44 bits per heavy atom. The predicted octanol–water partition coefficient (Wildman–Crippen LogP) is 6.15. The van der Waals surface area contributed by atoms with Gasteiger partial charge in [-0.05, 0) is 60.0 Å². The van der Waals surface area contributed by atoms with Gasteiger partial charge in [-0.3, -0.25) is 20.2 Å². The Labute approximate surface area is 229 Å². The summed E-state index contributed by atoms with van der Waals surface area (Å²) < 4.78 is 47.1. The van der Waals surface area contributed by atoms with E-state index >= 15 is 0 Å². The van der Waals surface area contributed by atoms with Crippen LogP contribution in [0.3, 0.4) is 0 Å². The second kappa shape index (κ2) is 13.2. The van der Waals surface area contributed by atoms with E-state index in [2.05, 4.69) is 0 Å². The monoisotopic (exact) mass is 574 g/mol. The van der Waals surface area contributed by atoms with Crippen LogP contribution in [0.15, 0.2) is 72.3 Å². The molecule has 0 aliphatic heterocycles. The molecule has 0 atom stereocenters. The first-order valence-electron chi connectivity index (χ1n) is 11.8. The van der Waals surface area contributed by atoms with Gasteiger partial charge in [0.25, 0.3) is 11.4 Å². The van der Waals surface area contributed by atoms with Gasteiger partial charge in [-0.2, -0.15) is 13.2 Å². The quantitative estimate of drug-likeness (QED) is 0.0668. The standard InChI is InChI=1S/C27H21F3N2O9/c28-27(29,30)10-1-11-40-23-8-4-19(5-9-23)26(35)41-24-6-2-17(3-7-24)12-20(25(33)34)13-18-14-21(31(36)37)16-22(15-18)32(38)39/h2-9,12,14-16H,1,10-11,13H2,(H,33,34). The van der Waals surface area contributed by atoms with Crippen LogP contribution in [0.5, 0.6) is 11.5 Å². The molecule has 0 fully saturated rings. The lowest BCUT2D eigenvalue weighted by Crippen LogP contribution is -2.10. The second-order valence-corrected chi connectivity index (χ2v) is 8.57. The number of nitro benzene ring substituents is 2. The minimum atomic E-state index is -4.26. The van der Waals surface area contributed by atoms with Crippen molar-refractivity contribution < 1.29 is 47.2 Å². The zero-order valence-electron chi connectivity index (χ0n) is 21.0. The Kier molecular flexibility index (Phi) is 9.74. The van der Waals surface area contributed by atoms with Gasteiger partial charge in [0.2, 0.25) is 0 Å². The maximum atomic E-state index is 12.4. The van der Waals surface area contributed by atoms with Crippen molar-refractivity contribution in [3.63, 3.8) is 0 Å². The summed E-state index contributed by atoms with van der Waals surface area (Å²) in [6.45, 7) is -0.140. The number of rotatable bonds is 12. The van der Waals surface area contributed by atoms with Crippen LogP contribution in [0.4, 0.5) is 24.5 Å². The third-order valence-corrected chi connectivity index (χ3v) is 5.45. The first kappa shape index (κ1) is 30.3. The molecule has 0 heterocycles. The molecule has 0 spiro atoms. The molecule has 41 heavy (non-hydrogen) atoms. The highest BCUT2D eigenvalue weighted by Crippen LogP contribution is 2.26. The topological polar surface area (TPSA) is 159 Å². The SMILES string of the molecule is O=C(O)C(=Cc1ccc(OC(=O)c2ccc(OCCCC(F)(F)F)cc2)cc1)Cc1cc([N+](=O)[O-])cc([N+](=O)[O-])c1. The Morgan fingerprint density at radius 1 is 0.878 bits per heavy atom. The summed E-state index contributed by atoms with van der Waals surface area (Å²) >= 11 is 0. The van der Waals surface area contributed by atoms with Crippen LogP contribution >= 0.6 is 0 Å². The van der Waals surface area contributed by atoms with E-state index in [4.69, 9.17) is 9.47 Å². The number of hydrogen-bond donors (Lipinski definition) is 1. The third kappa shape index (κ3) is 9.45. The van der Waals surface area contributed by atoms with Gasteiger partial charge < -0.3 is 14.6 Å². The summed E-state index contributed by atoms with van der Waals surface area (Å²) in [5.74, 6) is -1.66. The van der Waals surface area contributed by atoms with Gasteiger partial charge >= 0.3 is 18.1 Å². The number of carbonyl (C=O) groups excluding carboxylic acids is 1. The molecule has 3 aromatic carbocycles. The van der Waals surface area contributed by atoms with E-state index in [9.17, 15) is 48.1 Å². The third-order valence-electron chi connectivity index (χ3n) is 5.45. The number of halogens is 3. The molecule has 1 N–H and O–H groups in total. The maximum Gasteiger partial charge on any atom is 0.389 e. The smallest absolute Gasteiger partial charge is 0.389 e. The lowest BCUT2D eigenvalue weighted by atomic mass is 10.0. The van der Waals surface area contributed by atoms with Gasteiger partial charge in [-0.1, -0.05) is 12.1 Å².